The molecule has 2 aromatic carbocycles. The van der Waals surface area contributed by atoms with Crippen LogP contribution in [-0.4, -0.2) is 64.7 Å². The largest absolute Gasteiger partial charge is 0.399 e. The molecule has 0 atom stereocenters. The van der Waals surface area contributed by atoms with E-state index in [9.17, 15) is 4.79 Å². The summed E-state index contributed by atoms with van der Waals surface area (Å²) in [6, 6.07) is 18.9. The van der Waals surface area contributed by atoms with Crippen LogP contribution in [0.2, 0.25) is 0 Å². The van der Waals surface area contributed by atoms with Gasteiger partial charge in [0.25, 0.3) is 0 Å². The number of hydrogen-bond donors (Lipinski definition) is 1. The fourth-order valence-electron chi connectivity index (χ4n) is 5.60. The van der Waals surface area contributed by atoms with Crippen LogP contribution in [0.5, 0.6) is 0 Å². The average molecular weight is 513 g/mol. The smallest absolute Gasteiger partial charge is 0.225 e. The maximum atomic E-state index is 13.3. The van der Waals surface area contributed by atoms with Gasteiger partial charge in [-0.2, -0.15) is 0 Å². The van der Waals surface area contributed by atoms with Crippen molar-refractivity contribution in [1.82, 2.24) is 19.8 Å². The molecular formula is C30H36N6O2. The molecule has 2 aliphatic heterocycles. The summed E-state index contributed by atoms with van der Waals surface area (Å²) < 4.78 is 0. The zero-order valence-electron chi connectivity index (χ0n) is 22.0. The quantitative estimate of drug-likeness (QED) is 0.376. The van der Waals surface area contributed by atoms with Crippen molar-refractivity contribution in [1.29, 1.82) is 0 Å². The van der Waals surface area contributed by atoms with Gasteiger partial charge < -0.3 is 15.5 Å². The Labute approximate surface area is 224 Å². The van der Waals surface area contributed by atoms with E-state index in [1.54, 1.807) is 19.5 Å². The number of nitrogens with two attached hydrogens (primary N) is 1. The second-order valence-electron chi connectivity index (χ2n) is 10.2. The van der Waals surface area contributed by atoms with Crippen molar-refractivity contribution in [2.75, 3.05) is 39.0 Å². The number of anilines is 1. The Kier molecular flexibility index (Phi) is 8.28. The SMILES string of the molecule is CO/N=C(\c1ccc(-c2ccccc2)cc1)C1CCN(C(=O)C2CCN(Cc3cnc(N)nc3)CC2)CC1. The number of rotatable bonds is 7. The molecule has 2 saturated heterocycles. The first-order valence-corrected chi connectivity index (χ1v) is 13.4. The monoisotopic (exact) mass is 512 g/mol. The minimum Gasteiger partial charge on any atom is -0.399 e. The standard InChI is InChI=1S/C30H36N6O2/c1-38-34-28(25-9-7-24(8-10-25)23-5-3-2-4-6-23)26-13-17-36(18-14-26)29(37)27-11-15-35(16-12-27)21-22-19-32-30(31)33-20-22/h2-10,19-20,26-27H,11-18,21H2,1H3,(H2,31,32,33)/b34-28+. The minimum atomic E-state index is 0.100. The lowest BCUT2D eigenvalue weighted by atomic mass is 9.86. The molecular weight excluding hydrogens is 476 g/mol. The van der Waals surface area contributed by atoms with Crippen LogP contribution in [-0.2, 0) is 16.2 Å². The summed E-state index contributed by atoms with van der Waals surface area (Å²) in [6.45, 7) is 4.12. The summed E-state index contributed by atoms with van der Waals surface area (Å²) in [7, 11) is 1.60. The Balaban J connectivity index is 1.13. The van der Waals surface area contributed by atoms with E-state index in [1.165, 1.54) is 11.1 Å². The molecule has 1 aromatic heterocycles. The van der Waals surface area contributed by atoms with E-state index in [2.05, 4.69) is 73.5 Å². The molecule has 0 unspecified atom stereocenters. The van der Waals surface area contributed by atoms with Gasteiger partial charge in [0.05, 0.1) is 5.71 Å². The van der Waals surface area contributed by atoms with Crippen molar-refractivity contribution in [2.24, 2.45) is 17.0 Å². The van der Waals surface area contributed by atoms with Crippen molar-refractivity contribution in [2.45, 2.75) is 32.2 Å². The number of carbonyl (C=O) groups excluding carboxylic acids is 1. The highest BCUT2D eigenvalue weighted by Gasteiger charge is 2.32. The molecule has 198 valence electrons. The molecule has 8 nitrogen and oxygen atoms in total. The van der Waals surface area contributed by atoms with Gasteiger partial charge in [0.1, 0.15) is 7.11 Å². The molecule has 1 amide bonds. The second-order valence-corrected chi connectivity index (χ2v) is 10.2. The third kappa shape index (κ3) is 6.19. The predicted octanol–water partition coefficient (Wildman–Crippen LogP) is 4.23. The third-order valence-electron chi connectivity index (χ3n) is 7.74. The Morgan fingerprint density at radius 1 is 0.895 bits per heavy atom. The first kappa shape index (κ1) is 25.9. The van der Waals surface area contributed by atoms with E-state index in [4.69, 9.17) is 10.6 Å². The Morgan fingerprint density at radius 2 is 1.50 bits per heavy atom. The third-order valence-corrected chi connectivity index (χ3v) is 7.74. The topological polar surface area (TPSA) is 96.9 Å². The molecule has 38 heavy (non-hydrogen) atoms. The first-order chi connectivity index (χ1) is 18.6. The number of nitrogen functional groups attached to an aromatic ring is 1. The van der Waals surface area contributed by atoms with Crippen LogP contribution in [0.1, 0.15) is 36.8 Å². The van der Waals surface area contributed by atoms with E-state index >= 15 is 0 Å². The highest BCUT2D eigenvalue weighted by molar-refractivity contribution is 6.02. The number of benzene rings is 2. The molecule has 2 fully saturated rings. The summed E-state index contributed by atoms with van der Waals surface area (Å²) in [5.41, 5.74) is 11.1. The Morgan fingerprint density at radius 3 is 2.13 bits per heavy atom. The van der Waals surface area contributed by atoms with Crippen LogP contribution in [0.15, 0.2) is 72.1 Å². The lowest BCUT2D eigenvalue weighted by Gasteiger charge is -2.37. The van der Waals surface area contributed by atoms with Gasteiger partial charge in [0.2, 0.25) is 11.9 Å². The molecule has 0 spiro atoms. The highest BCUT2D eigenvalue weighted by atomic mass is 16.6. The second kappa shape index (κ2) is 12.2. The average Bonchev–Trinajstić information content (AvgIpc) is 2.98. The fourth-order valence-corrected chi connectivity index (χ4v) is 5.60. The van der Waals surface area contributed by atoms with Gasteiger partial charge in [-0.1, -0.05) is 59.8 Å². The number of carbonyl (C=O) groups is 1. The molecule has 8 heteroatoms. The molecule has 0 bridgehead atoms. The molecule has 2 N–H and O–H groups in total. The molecule has 3 heterocycles. The van der Waals surface area contributed by atoms with Crippen LogP contribution in [0, 0.1) is 11.8 Å². The van der Waals surface area contributed by atoms with Gasteiger partial charge in [-0.05, 0) is 55.5 Å². The van der Waals surface area contributed by atoms with E-state index in [0.717, 1.165) is 75.2 Å². The van der Waals surface area contributed by atoms with Crippen molar-refractivity contribution in [3.05, 3.63) is 78.1 Å². The van der Waals surface area contributed by atoms with Gasteiger partial charge in [0.15, 0.2) is 0 Å². The van der Waals surface area contributed by atoms with E-state index in [1.807, 2.05) is 6.07 Å². The summed E-state index contributed by atoms with van der Waals surface area (Å²) >= 11 is 0. The first-order valence-electron chi connectivity index (χ1n) is 13.4. The molecule has 0 aliphatic carbocycles. The summed E-state index contributed by atoms with van der Waals surface area (Å²) in [5.74, 6) is 0.966. The molecule has 0 saturated carbocycles. The minimum absolute atomic E-state index is 0.100. The van der Waals surface area contributed by atoms with Crippen molar-refractivity contribution in [3.63, 3.8) is 0 Å². The zero-order valence-corrected chi connectivity index (χ0v) is 22.0. The summed E-state index contributed by atoms with van der Waals surface area (Å²) in [4.78, 5) is 31.1. The number of amides is 1. The molecule has 2 aliphatic rings. The highest BCUT2D eigenvalue weighted by Crippen LogP contribution is 2.28. The number of aromatic nitrogens is 2. The Hall–Kier alpha value is -3.78. The maximum absolute atomic E-state index is 13.3. The van der Waals surface area contributed by atoms with Gasteiger partial charge in [-0.15, -0.1) is 0 Å². The normalized spacial score (nSPS) is 17.9. The maximum Gasteiger partial charge on any atom is 0.225 e. The zero-order chi connectivity index (χ0) is 26.3. The predicted molar refractivity (Wildman–Crippen MR) is 149 cm³/mol. The van der Waals surface area contributed by atoms with Crippen molar-refractivity contribution in [3.8, 4) is 11.1 Å². The summed E-state index contributed by atoms with van der Waals surface area (Å²) in [5, 5.41) is 4.42. The number of piperidine rings is 2. The lowest BCUT2D eigenvalue weighted by molar-refractivity contribution is -0.138. The molecule has 5 rings (SSSR count). The lowest BCUT2D eigenvalue weighted by Crippen LogP contribution is -2.46. The van der Waals surface area contributed by atoms with Crippen LogP contribution in [0.25, 0.3) is 11.1 Å². The van der Waals surface area contributed by atoms with Crippen LogP contribution >= 0.6 is 0 Å². The summed E-state index contributed by atoms with van der Waals surface area (Å²) in [6.07, 6.45) is 7.12. The van der Waals surface area contributed by atoms with Crippen LogP contribution in [0.3, 0.4) is 0 Å². The molecule has 3 aromatic rings. The number of hydrogen-bond acceptors (Lipinski definition) is 7. The van der Waals surface area contributed by atoms with Crippen LogP contribution < -0.4 is 5.73 Å². The van der Waals surface area contributed by atoms with Crippen molar-refractivity contribution >= 4 is 17.6 Å². The van der Waals surface area contributed by atoms with Gasteiger partial charge in [0, 0.05) is 49.4 Å². The fraction of sp³-hybridized carbons (Fsp3) is 0.400. The van der Waals surface area contributed by atoms with E-state index in [0.29, 0.717) is 11.9 Å². The van der Waals surface area contributed by atoms with Crippen molar-refractivity contribution < 1.29 is 9.63 Å². The number of nitrogens with zero attached hydrogens (tertiary/aromatic N) is 5. The number of oxime groups is 1. The van der Waals surface area contributed by atoms with Gasteiger partial charge >= 0.3 is 0 Å². The molecule has 0 radical (unpaired) electrons. The number of likely N-dealkylation sites (tertiary alicyclic amines) is 2. The van der Waals surface area contributed by atoms with E-state index in [-0.39, 0.29) is 11.8 Å². The Bertz CT molecular complexity index is 1210. The van der Waals surface area contributed by atoms with Gasteiger partial charge in [-0.3, -0.25) is 9.69 Å². The van der Waals surface area contributed by atoms with Gasteiger partial charge in [-0.25, -0.2) is 9.97 Å². The van der Waals surface area contributed by atoms with Crippen LogP contribution in [0.4, 0.5) is 5.95 Å². The van der Waals surface area contributed by atoms with E-state index < -0.39 is 0 Å².